The fourth-order valence-corrected chi connectivity index (χ4v) is 1.62. The lowest BCUT2D eigenvalue weighted by Crippen LogP contribution is -2.32. The molecule has 15 heavy (non-hydrogen) atoms. The molecule has 1 saturated heterocycles. The molecule has 0 bridgehead atoms. The summed E-state index contributed by atoms with van der Waals surface area (Å²) >= 11 is 0. The minimum atomic E-state index is -0.717. The summed E-state index contributed by atoms with van der Waals surface area (Å²) in [5.41, 5.74) is 0.472. The van der Waals surface area contributed by atoms with Crippen molar-refractivity contribution in [1.82, 2.24) is 4.90 Å². The van der Waals surface area contributed by atoms with E-state index in [1.54, 1.807) is 30.3 Å². The lowest BCUT2D eigenvalue weighted by molar-refractivity contribution is -0.125. The summed E-state index contributed by atoms with van der Waals surface area (Å²) in [4.78, 5) is 24.2. The zero-order valence-electron chi connectivity index (χ0n) is 8.09. The molecule has 1 aliphatic rings. The first-order chi connectivity index (χ1) is 7.18. The van der Waals surface area contributed by atoms with Gasteiger partial charge in [0.25, 0.3) is 5.91 Å². The Kier molecular flexibility index (Phi) is 2.51. The van der Waals surface area contributed by atoms with Crippen LogP contribution in [-0.2, 0) is 4.79 Å². The standard InChI is InChI=1S/C11H11NO3/c13-9-6-10(14)12(7-9)11(15)8-4-2-1-3-5-8/h1-5,9,13H,6-7H2. The molecular formula is C11H11NO3. The monoisotopic (exact) mass is 205 g/mol. The maximum Gasteiger partial charge on any atom is 0.260 e. The molecule has 0 radical (unpaired) electrons. The van der Waals surface area contributed by atoms with Gasteiger partial charge in [-0.15, -0.1) is 0 Å². The summed E-state index contributed by atoms with van der Waals surface area (Å²) < 4.78 is 0. The second kappa shape index (κ2) is 3.82. The number of carbonyl (C=O) groups is 2. The van der Waals surface area contributed by atoms with Crippen LogP contribution in [0.15, 0.2) is 30.3 Å². The molecule has 0 spiro atoms. The van der Waals surface area contributed by atoms with E-state index in [1.165, 1.54) is 0 Å². The third kappa shape index (κ3) is 1.89. The maximum absolute atomic E-state index is 11.8. The lowest BCUT2D eigenvalue weighted by atomic mass is 10.2. The molecule has 1 heterocycles. The van der Waals surface area contributed by atoms with Crippen molar-refractivity contribution < 1.29 is 14.7 Å². The van der Waals surface area contributed by atoms with E-state index >= 15 is 0 Å². The summed E-state index contributed by atoms with van der Waals surface area (Å²) in [6.07, 6.45) is -0.677. The number of hydrogen-bond acceptors (Lipinski definition) is 3. The summed E-state index contributed by atoms with van der Waals surface area (Å²) in [5.74, 6) is -0.645. The number of nitrogens with zero attached hydrogens (tertiary/aromatic N) is 1. The number of carbonyl (C=O) groups excluding carboxylic acids is 2. The number of benzene rings is 1. The number of imide groups is 1. The van der Waals surface area contributed by atoms with Crippen molar-refractivity contribution in [3.05, 3.63) is 35.9 Å². The number of aliphatic hydroxyl groups is 1. The summed E-state index contributed by atoms with van der Waals surface area (Å²) in [7, 11) is 0. The predicted octanol–water partition coefficient (Wildman–Crippen LogP) is 0.420. The number of likely N-dealkylation sites (tertiary alicyclic amines) is 1. The molecule has 0 saturated carbocycles. The molecule has 4 heteroatoms. The summed E-state index contributed by atoms with van der Waals surface area (Å²) in [6.45, 7) is 0.104. The van der Waals surface area contributed by atoms with Gasteiger partial charge in [0.05, 0.1) is 19.1 Å². The van der Waals surface area contributed by atoms with E-state index in [2.05, 4.69) is 0 Å². The Morgan fingerprint density at radius 1 is 1.33 bits per heavy atom. The molecule has 1 unspecified atom stereocenters. The topological polar surface area (TPSA) is 57.6 Å². The minimum Gasteiger partial charge on any atom is -0.391 e. The summed E-state index contributed by atoms with van der Waals surface area (Å²) in [6, 6.07) is 8.59. The number of β-amino-alcohol motifs (C(OH)–C–C–N with tert-alkyl or cyclic N) is 1. The van der Waals surface area contributed by atoms with Crippen molar-refractivity contribution in [3.8, 4) is 0 Å². The van der Waals surface area contributed by atoms with Crippen molar-refractivity contribution in [1.29, 1.82) is 0 Å². The van der Waals surface area contributed by atoms with Gasteiger partial charge in [-0.3, -0.25) is 14.5 Å². The van der Waals surface area contributed by atoms with Crippen molar-refractivity contribution >= 4 is 11.8 Å². The van der Waals surface area contributed by atoms with Gasteiger partial charge in [-0.2, -0.15) is 0 Å². The van der Waals surface area contributed by atoms with Crippen molar-refractivity contribution in [3.63, 3.8) is 0 Å². The second-order valence-corrected chi connectivity index (χ2v) is 3.53. The second-order valence-electron chi connectivity index (χ2n) is 3.53. The molecule has 2 rings (SSSR count). The number of rotatable bonds is 1. The SMILES string of the molecule is O=C1CC(O)CN1C(=O)c1ccccc1. The highest BCUT2D eigenvalue weighted by molar-refractivity contribution is 6.05. The van der Waals surface area contributed by atoms with Crippen LogP contribution in [0.5, 0.6) is 0 Å². The van der Waals surface area contributed by atoms with Gasteiger partial charge in [0, 0.05) is 5.56 Å². The Hall–Kier alpha value is -1.68. The van der Waals surface area contributed by atoms with E-state index in [0.29, 0.717) is 5.56 Å². The van der Waals surface area contributed by atoms with E-state index in [-0.39, 0.29) is 24.8 Å². The van der Waals surface area contributed by atoms with E-state index in [0.717, 1.165) is 4.90 Å². The highest BCUT2D eigenvalue weighted by Gasteiger charge is 2.32. The van der Waals surface area contributed by atoms with Crippen LogP contribution in [0.3, 0.4) is 0 Å². The Morgan fingerprint density at radius 3 is 2.53 bits per heavy atom. The molecule has 1 atom stereocenters. The quantitative estimate of drug-likeness (QED) is 0.676. The van der Waals surface area contributed by atoms with Gasteiger partial charge in [-0.1, -0.05) is 18.2 Å². The van der Waals surface area contributed by atoms with Gasteiger partial charge in [-0.25, -0.2) is 0 Å². The maximum atomic E-state index is 11.8. The third-order valence-electron chi connectivity index (χ3n) is 2.37. The zero-order chi connectivity index (χ0) is 10.8. The first-order valence-corrected chi connectivity index (χ1v) is 4.76. The van der Waals surface area contributed by atoms with Crippen LogP contribution in [0, 0.1) is 0 Å². The van der Waals surface area contributed by atoms with Gasteiger partial charge >= 0.3 is 0 Å². The molecule has 1 aromatic rings. The van der Waals surface area contributed by atoms with Crippen LogP contribution in [-0.4, -0.2) is 34.5 Å². The predicted molar refractivity (Wildman–Crippen MR) is 53.1 cm³/mol. The van der Waals surface area contributed by atoms with Crippen molar-refractivity contribution in [2.75, 3.05) is 6.54 Å². The molecule has 1 fully saturated rings. The van der Waals surface area contributed by atoms with Gasteiger partial charge in [-0.05, 0) is 12.1 Å². The van der Waals surface area contributed by atoms with E-state index in [4.69, 9.17) is 0 Å². The first-order valence-electron chi connectivity index (χ1n) is 4.76. The van der Waals surface area contributed by atoms with Crippen molar-refractivity contribution in [2.24, 2.45) is 0 Å². The Balaban J connectivity index is 2.19. The molecular weight excluding hydrogens is 194 g/mol. The van der Waals surface area contributed by atoms with Crippen LogP contribution in [0.4, 0.5) is 0 Å². The Labute approximate surface area is 87.1 Å². The normalized spacial score (nSPS) is 20.7. The largest absolute Gasteiger partial charge is 0.391 e. The molecule has 0 aliphatic carbocycles. The molecule has 78 valence electrons. The Bertz CT molecular complexity index is 388. The number of aliphatic hydroxyl groups excluding tert-OH is 1. The zero-order valence-corrected chi connectivity index (χ0v) is 8.09. The fourth-order valence-electron chi connectivity index (χ4n) is 1.62. The Morgan fingerprint density at radius 2 is 2.00 bits per heavy atom. The highest BCUT2D eigenvalue weighted by atomic mass is 16.3. The van der Waals surface area contributed by atoms with Crippen molar-refractivity contribution in [2.45, 2.75) is 12.5 Å². The van der Waals surface area contributed by atoms with Crippen LogP contribution in [0.1, 0.15) is 16.8 Å². The smallest absolute Gasteiger partial charge is 0.260 e. The van der Waals surface area contributed by atoms with E-state index in [9.17, 15) is 14.7 Å². The van der Waals surface area contributed by atoms with Gasteiger partial charge in [0.15, 0.2) is 0 Å². The lowest BCUT2D eigenvalue weighted by Gasteiger charge is -2.13. The van der Waals surface area contributed by atoms with E-state index in [1.807, 2.05) is 0 Å². The van der Waals surface area contributed by atoms with Crippen LogP contribution < -0.4 is 0 Å². The van der Waals surface area contributed by atoms with Gasteiger partial charge < -0.3 is 5.11 Å². The van der Waals surface area contributed by atoms with Gasteiger partial charge in [0.1, 0.15) is 0 Å². The van der Waals surface area contributed by atoms with Crippen LogP contribution >= 0.6 is 0 Å². The average Bonchev–Trinajstić information content (AvgIpc) is 2.58. The average molecular weight is 205 g/mol. The highest BCUT2D eigenvalue weighted by Crippen LogP contribution is 2.14. The molecule has 4 nitrogen and oxygen atoms in total. The number of hydrogen-bond donors (Lipinski definition) is 1. The first kappa shape index (κ1) is 9.86. The summed E-state index contributed by atoms with van der Waals surface area (Å²) in [5, 5.41) is 9.25. The van der Waals surface area contributed by atoms with E-state index < -0.39 is 6.10 Å². The molecule has 1 aromatic carbocycles. The fraction of sp³-hybridized carbons (Fsp3) is 0.273. The minimum absolute atomic E-state index is 0.0403. The molecule has 1 aliphatic heterocycles. The van der Waals surface area contributed by atoms with Gasteiger partial charge in [0.2, 0.25) is 5.91 Å². The molecule has 0 aromatic heterocycles. The third-order valence-corrected chi connectivity index (χ3v) is 2.37. The molecule has 2 amide bonds. The van der Waals surface area contributed by atoms with Crippen LogP contribution in [0.25, 0.3) is 0 Å². The van der Waals surface area contributed by atoms with Crippen LogP contribution in [0.2, 0.25) is 0 Å². The molecule has 1 N–H and O–H groups in total. The number of amides is 2.